The lowest BCUT2D eigenvalue weighted by atomic mass is 10.2. The van der Waals surface area contributed by atoms with E-state index in [-0.39, 0.29) is 23.2 Å². The maximum atomic E-state index is 9.70. The van der Waals surface area contributed by atoms with Crippen LogP contribution in [0.3, 0.4) is 0 Å². The van der Waals surface area contributed by atoms with Crippen molar-refractivity contribution in [1.82, 2.24) is 0 Å². The monoisotopic (exact) mass is 343 g/mol. The predicted molar refractivity (Wildman–Crippen MR) is 78.2 cm³/mol. The highest BCUT2D eigenvalue weighted by Gasteiger charge is 2.21. The van der Waals surface area contributed by atoms with E-state index < -0.39 is 0 Å². The topological polar surface area (TPSA) is 45.0 Å². The number of rotatable bonds is 7. The van der Waals surface area contributed by atoms with E-state index in [9.17, 15) is 5.11 Å². The van der Waals surface area contributed by atoms with E-state index >= 15 is 0 Å². The Hall–Kier alpha value is -0.780. The summed E-state index contributed by atoms with van der Waals surface area (Å²) in [5.74, 6) is 0. The third-order valence-electron chi connectivity index (χ3n) is 3.34. The zero-order chi connectivity index (χ0) is 14.3. The molecule has 0 amide bonds. The molecular weight excluding hydrogens is 318 g/mol. The number of aliphatic hydroxyl groups is 1. The molecule has 0 saturated carbocycles. The van der Waals surface area contributed by atoms with Gasteiger partial charge in [-0.1, -0.05) is 25.5 Å². The molecule has 1 rings (SSSR count). The van der Waals surface area contributed by atoms with Crippen molar-refractivity contribution in [1.29, 1.82) is 0 Å². The summed E-state index contributed by atoms with van der Waals surface area (Å²) in [6, 6.07) is 8.06. The van der Waals surface area contributed by atoms with Gasteiger partial charge in [-0.05, 0) is 18.6 Å². The highest BCUT2D eigenvalue weighted by molar-refractivity contribution is 5.37. The first-order valence-electron chi connectivity index (χ1n) is 6.93. The largest absolute Gasteiger partial charge is 1.00 e. The van der Waals surface area contributed by atoms with E-state index in [0.717, 1.165) is 31.6 Å². The molecule has 1 aromatic carbocycles. The summed E-state index contributed by atoms with van der Waals surface area (Å²) in [7, 11) is 4.03. The molecule has 4 nitrogen and oxygen atoms in total. The van der Waals surface area contributed by atoms with E-state index in [1.807, 2.05) is 33.2 Å². The van der Waals surface area contributed by atoms with Gasteiger partial charge in [0.1, 0.15) is 6.54 Å². The lowest BCUT2D eigenvalue weighted by molar-refractivity contribution is -0.946. The minimum absolute atomic E-state index is 0. The molecule has 1 N–H and O–H groups in total. The van der Waals surface area contributed by atoms with Crippen LogP contribution in [0.25, 0.3) is 0 Å². The average molecular weight is 344 g/mol. The van der Waals surface area contributed by atoms with Crippen LogP contribution in [0.2, 0.25) is 0 Å². The Kier molecular flexibility index (Phi) is 8.85. The Morgan fingerprint density at radius 1 is 1.20 bits per heavy atom. The Balaban J connectivity index is 0.00000361. The van der Waals surface area contributed by atoms with Crippen molar-refractivity contribution in [3.8, 4) is 0 Å². The third kappa shape index (κ3) is 6.59. The third-order valence-corrected chi connectivity index (χ3v) is 3.34. The van der Waals surface area contributed by atoms with Crippen LogP contribution >= 0.6 is 0 Å². The fourth-order valence-corrected chi connectivity index (χ4v) is 1.63. The van der Waals surface area contributed by atoms with Crippen LogP contribution in [0.1, 0.15) is 32.3 Å². The number of benzene rings is 1. The van der Waals surface area contributed by atoms with Gasteiger partial charge < -0.3 is 26.6 Å². The minimum atomic E-state index is -0.381. The van der Waals surface area contributed by atoms with Crippen LogP contribution in [-0.2, 0) is 6.54 Å². The maximum Gasteiger partial charge on any atom is 0.187 e. The van der Waals surface area contributed by atoms with E-state index in [2.05, 4.69) is 29.3 Å². The van der Waals surface area contributed by atoms with Gasteiger partial charge in [0.05, 0.1) is 26.3 Å². The molecule has 0 radical (unpaired) electrons. The number of quaternary nitrogens is 1. The maximum absolute atomic E-state index is 9.70. The van der Waals surface area contributed by atoms with Crippen molar-refractivity contribution < 1.29 is 26.6 Å². The number of hydrogen-bond donors (Lipinski definition) is 1. The van der Waals surface area contributed by atoms with Crippen molar-refractivity contribution in [3.05, 3.63) is 29.8 Å². The van der Waals surface area contributed by atoms with E-state index in [4.69, 9.17) is 0 Å². The molecule has 1 unspecified atom stereocenters. The molecule has 1 atom stereocenters. The van der Waals surface area contributed by atoms with Crippen LogP contribution in [0, 0.1) is 0 Å². The molecular formula is C15H26BrN3O. The normalized spacial score (nSPS) is 13.2. The second-order valence-electron chi connectivity index (χ2n) is 5.55. The summed E-state index contributed by atoms with van der Waals surface area (Å²) >= 11 is 0. The highest BCUT2D eigenvalue weighted by atomic mass is 79.9. The fraction of sp³-hybridized carbons (Fsp3) is 0.600. The zero-order valence-corrected chi connectivity index (χ0v) is 14.5. The lowest BCUT2D eigenvalue weighted by Crippen LogP contribution is -3.00. The first-order valence-corrected chi connectivity index (χ1v) is 6.93. The summed E-state index contributed by atoms with van der Waals surface area (Å²) in [4.78, 5) is 0. The molecule has 114 valence electrons. The van der Waals surface area contributed by atoms with Crippen LogP contribution in [0.4, 0.5) is 5.69 Å². The van der Waals surface area contributed by atoms with E-state index in [1.54, 1.807) is 0 Å². The molecule has 0 spiro atoms. The quantitative estimate of drug-likeness (QED) is 0.333. The highest BCUT2D eigenvalue weighted by Crippen LogP contribution is 2.17. The summed E-state index contributed by atoms with van der Waals surface area (Å²) in [6.07, 6.45) is 1.85. The second kappa shape index (κ2) is 9.21. The van der Waals surface area contributed by atoms with Gasteiger partial charge in [0.15, 0.2) is 6.23 Å². The second-order valence-corrected chi connectivity index (χ2v) is 5.55. The van der Waals surface area contributed by atoms with Gasteiger partial charge >= 0.3 is 0 Å². The first kappa shape index (κ1) is 19.2. The number of unbranched alkanes of at least 4 members (excludes halogenated alkanes) is 1. The predicted octanol–water partition coefficient (Wildman–Crippen LogP) is 0.489. The van der Waals surface area contributed by atoms with Crippen molar-refractivity contribution in [2.45, 2.75) is 39.5 Å². The Bertz CT molecular complexity index is 402. The molecule has 5 heteroatoms. The molecule has 0 heterocycles. The van der Waals surface area contributed by atoms with Gasteiger partial charge in [0.2, 0.25) is 0 Å². The molecule has 0 aliphatic heterocycles. The fourth-order valence-electron chi connectivity index (χ4n) is 1.63. The Labute approximate surface area is 132 Å². The number of aliphatic hydroxyl groups excluding tert-OH is 1. The van der Waals surface area contributed by atoms with Crippen LogP contribution in [-0.4, -0.2) is 36.5 Å². The average Bonchev–Trinajstić information content (AvgIpc) is 2.36. The van der Waals surface area contributed by atoms with Gasteiger partial charge in [0.25, 0.3) is 0 Å². The van der Waals surface area contributed by atoms with Gasteiger partial charge in [-0.15, -0.1) is 0 Å². The summed E-state index contributed by atoms with van der Waals surface area (Å²) in [5, 5.41) is 18.0. The molecule has 0 bridgehead atoms. The van der Waals surface area contributed by atoms with Crippen molar-refractivity contribution >= 4 is 5.69 Å². The van der Waals surface area contributed by atoms with Crippen LogP contribution in [0.5, 0.6) is 0 Å². The molecule has 1 aromatic rings. The standard InChI is InChI=1S/C15H26N3O.BrH/c1-5-6-11-16-17-15-9-7-14(8-10-15)12-18(3,4)13(2)19;/h7-10,13,19H,5-6,11-12H2,1-4H3;1H/q+1;/p-1. The summed E-state index contributed by atoms with van der Waals surface area (Å²) in [6.45, 7) is 5.55. The summed E-state index contributed by atoms with van der Waals surface area (Å²) < 4.78 is 0.553. The Morgan fingerprint density at radius 2 is 1.80 bits per heavy atom. The minimum Gasteiger partial charge on any atom is -1.00 e. The number of halogens is 1. The summed E-state index contributed by atoms with van der Waals surface area (Å²) in [5.41, 5.74) is 2.08. The van der Waals surface area contributed by atoms with Crippen molar-refractivity contribution in [2.24, 2.45) is 10.2 Å². The number of azo groups is 1. The van der Waals surface area contributed by atoms with Gasteiger partial charge in [-0.2, -0.15) is 10.2 Å². The smallest absolute Gasteiger partial charge is 0.187 e. The van der Waals surface area contributed by atoms with Gasteiger partial charge in [-0.3, -0.25) is 0 Å². The van der Waals surface area contributed by atoms with Crippen molar-refractivity contribution in [2.75, 3.05) is 20.6 Å². The van der Waals surface area contributed by atoms with Gasteiger partial charge in [0, 0.05) is 12.5 Å². The Morgan fingerprint density at radius 3 is 2.30 bits per heavy atom. The van der Waals surface area contributed by atoms with Gasteiger partial charge in [-0.25, -0.2) is 0 Å². The molecule has 0 aliphatic rings. The molecule has 0 aliphatic carbocycles. The van der Waals surface area contributed by atoms with E-state index in [1.165, 1.54) is 5.56 Å². The molecule has 0 saturated heterocycles. The van der Waals surface area contributed by atoms with Crippen LogP contribution < -0.4 is 17.0 Å². The molecule has 0 fully saturated rings. The zero-order valence-electron chi connectivity index (χ0n) is 12.9. The SMILES string of the molecule is CCCCN=Nc1ccc(C[N+](C)(C)C(C)O)cc1.[Br-]. The van der Waals surface area contributed by atoms with E-state index in [0.29, 0.717) is 4.48 Å². The van der Waals surface area contributed by atoms with Crippen LogP contribution in [0.15, 0.2) is 34.5 Å². The van der Waals surface area contributed by atoms with Crippen molar-refractivity contribution in [3.63, 3.8) is 0 Å². The number of hydrogen-bond acceptors (Lipinski definition) is 3. The number of nitrogens with zero attached hydrogens (tertiary/aromatic N) is 3. The lowest BCUT2D eigenvalue weighted by Gasteiger charge is -2.32. The first-order chi connectivity index (χ1) is 8.95. The molecule has 0 aromatic heterocycles. The molecule has 20 heavy (non-hydrogen) atoms.